The summed E-state index contributed by atoms with van der Waals surface area (Å²) in [6.45, 7) is 4.14. The average molecular weight is 221 g/mol. The summed E-state index contributed by atoms with van der Waals surface area (Å²) < 4.78 is 2.14. The minimum atomic E-state index is 0.416. The van der Waals surface area contributed by atoms with Crippen LogP contribution in [0.4, 0.5) is 0 Å². The second-order valence-electron chi connectivity index (χ2n) is 5.01. The molecule has 1 aliphatic heterocycles. The summed E-state index contributed by atoms with van der Waals surface area (Å²) in [7, 11) is 0. The van der Waals surface area contributed by atoms with E-state index in [-0.39, 0.29) is 0 Å². The van der Waals surface area contributed by atoms with Gasteiger partial charge in [-0.15, -0.1) is 10.2 Å². The molecule has 0 radical (unpaired) electrons. The third kappa shape index (κ3) is 2.10. The Hall–Kier alpha value is -0.940. The highest BCUT2D eigenvalue weighted by Gasteiger charge is 2.28. The van der Waals surface area contributed by atoms with E-state index < -0.39 is 0 Å². The van der Waals surface area contributed by atoms with Gasteiger partial charge in [-0.05, 0) is 25.2 Å². The molecule has 2 N–H and O–H groups in total. The molecule has 1 aromatic rings. The molecule has 5 heteroatoms. The molecule has 1 saturated carbocycles. The highest BCUT2D eigenvalue weighted by atomic mass is 15.3. The molecule has 0 amide bonds. The minimum Gasteiger partial charge on any atom is -0.327 e. The van der Waals surface area contributed by atoms with E-state index in [1.165, 1.54) is 12.8 Å². The first-order chi connectivity index (χ1) is 7.83. The fourth-order valence-electron chi connectivity index (χ4n) is 2.40. The maximum atomic E-state index is 6.11. The van der Waals surface area contributed by atoms with Crippen LogP contribution in [0.5, 0.6) is 0 Å². The average Bonchev–Trinajstić information content (AvgIpc) is 3.04. The Morgan fingerprint density at radius 2 is 2.31 bits per heavy atom. The predicted octanol–water partition coefficient (Wildman–Crippen LogP) is 0.221. The molecule has 88 valence electrons. The molecular weight excluding hydrogens is 202 g/mol. The number of nitrogens with zero attached hydrogens (tertiary/aromatic N) is 4. The van der Waals surface area contributed by atoms with Crippen molar-refractivity contribution in [1.82, 2.24) is 19.7 Å². The number of rotatable bonds is 4. The monoisotopic (exact) mass is 221 g/mol. The Morgan fingerprint density at radius 1 is 1.44 bits per heavy atom. The Kier molecular flexibility index (Phi) is 2.65. The van der Waals surface area contributed by atoms with Crippen LogP contribution in [0.25, 0.3) is 0 Å². The van der Waals surface area contributed by atoms with Crippen LogP contribution in [0.1, 0.15) is 25.1 Å². The quantitative estimate of drug-likeness (QED) is 0.790. The summed E-state index contributed by atoms with van der Waals surface area (Å²) in [4.78, 5) is 2.44. The molecule has 1 unspecified atom stereocenters. The van der Waals surface area contributed by atoms with Crippen molar-refractivity contribution in [2.75, 3.05) is 13.1 Å². The topological polar surface area (TPSA) is 60.0 Å². The van der Waals surface area contributed by atoms with Crippen molar-refractivity contribution in [3.8, 4) is 0 Å². The lowest BCUT2D eigenvalue weighted by molar-refractivity contribution is 0.207. The van der Waals surface area contributed by atoms with Gasteiger partial charge >= 0.3 is 0 Å². The SMILES string of the molecule is NC(CCN1CCn2cnnc2C1)C1CC1. The standard InChI is InChI=1S/C11H19N5/c12-10(9-1-2-9)3-4-15-5-6-16-8-13-14-11(16)7-15/h8-10H,1-7,12H2. The van der Waals surface area contributed by atoms with E-state index in [4.69, 9.17) is 5.73 Å². The number of hydrogen-bond donors (Lipinski definition) is 1. The molecule has 5 nitrogen and oxygen atoms in total. The summed E-state index contributed by atoms with van der Waals surface area (Å²) >= 11 is 0. The third-order valence-corrected chi connectivity index (χ3v) is 3.72. The van der Waals surface area contributed by atoms with Crippen LogP contribution in [0.15, 0.2) is 6.33 Å². The minimum absolute atomic E-state index is 0.416. The largest absolute Gasteiger partial charge is 0.327 e. The van der Waals surface area contributed by atoms with Gasteiger partial charge in [-0.3, -0.25) is 4.90 Å². The molecule has 1 atom stereocenters. The summed E-state index contributed by atoms with van der Waals surface area (Å²) in [5, 5.41) is 8.05. The van der Waals surface area contributed by atoms with E-state index in [1.54, 1.807) is 0 Å². The summed E-state index contributed by atoms with van der Waals surface area (Å²) in [6, 6.07) is 0.416. The summed E-state index contributed by atoms with van der Waals surface area (Å²) in [5.74, 6) is 1.90. The smallest absolute Gasteiger partial charge is 0.147 e. The molecule has 0 aromatic carbocycles. The molecule has 2 heterocycles. The van der Waals surface area contributed by atoms with Crippen molar-refractivity contribution in [2.24, 2.45) is 11.7 Å². The molecule has 16 heavy (non-hydrogen) atoms. The summed E-state index contributed by atoms with van der Waals surface area (Å²) in [6.07, 6.45) is 5.63. The predicted molar refractivity (Wildman–Crippen MR) is 60.6 cm³/mol. The van der Waals surface area contributed by atoms with Crippen molar-refractivity contribution in [2.45, 2.75) is 38.4 Å². The van der Waals surface area contributed by atoms with E-state index in [9.17, 15) is 0 Å². The third-order valence-electron chi connectivity index (χ3n) is 3.72. The van der Waals surface area contributed by atoms with Crippen LogP contribution in [0.2, 0.25) is 0 Å². The van der Waals surface area contributed by atoms with Crippen molar-refractivity contribution in [3.63, 3.8) is 0 Å². The van der Waals surface area contributed by atoms with Gasteiger partial charge in [-0.2, -0.15) is 0 Å². The zero-order valence-electron chi connectivity index (χ0n) is 9.55. The van der Waals surface area contributed by atoms with Gasteiger partial charge in [0.25, 0.3) is 0 Å². The van der Waals surface area contributed by atoms with E-state index in [0.29, 0.717) is 6.04 Å². The van der Waals surface area contributed by atoms with Crippen LogP contribution in [0.3, 0.4) is 0 Å². The number of fused-ring (bicyclic) bond motifs is 1. The molecule has 1 fully saturated rings. The van der Waals surface area contributed by atoms with E-state index in [2.05, 4.69) is 19.7 Å². The van der Waals surface area contributed by atoms with Gasteiger partial charge in [0.05, 0.1) is 6.54 Å². The zero-order valence-corrected chi connectivity index (χ0v) is 9.55. The van der Waals surface area contributed by atoms with E-state index in [0.717, 1.165) is 44.3 Å². The van der Waals surface area contributed by atoms with Crippen LogP contribution in [-0.2, 0) is 13.1 Å². The number of hydrogen-bond acceptors (Lipinski definition) is 4. The molecule has 0 saturated heterocycles. The van der Waals surface area contributed by atoms with Gasteiger partial charge in [-0.25, -0.2) is 0 Å². The Balaban J connectivity index is 1.50. The normalized spacial score (nSPS) is 23.1. The Morgan fingerprint density at radius 3 is 3.12 bits per heavy atom. The first kappa shape index (κ1) is 10.2. The first-order valence-corrected chi connectivity index (χ1v) is 6.17. The zero-order chi connectivity index (χ0) is 11.0. The molecule has 0 spiro atoms. The van der Waals surface area contributed by atoms with Crippen molar-refractivity contribution >= 4 is 0 Å². The lowest BCUT2D eigenvalue weighted by Gasteiger charge is -2.27. The van der Waals surface area contributed by atoms with E-state index >= 15 is 0 Å². The maximum absolute atomic E-state index is 6.11. The number of aromatic nitrogens is 3. The van der Waals surface area contributed by atoms with Crippen LogP contribution < -0.4 is 5.73 Å². The first-order valence-electron chi connectivity index (χ1n) is 6.17. The van der Waals surface area contributed by atoms with Crippen LogP contribution >= 0.6 is 0 Å². The molecular formula is C11H19N5. The lowest BCUT2D eigenvalue weighted by Crippen LogP contribution is -2.37. The van der Waals surface area contributed by atoms with Crippen molar-refractivity contribution < 1.29 is 0 Å². The second kappa shape index (κ2) is 4.14. The Bertz CT molecular complexity index is 357. The van der Waals surface area contributed by atoms with Gasteiger partial charge in [0.2, 0.25) is 0 Å². The van der Waals surface area contributed by atoms with Gasteiger partial charge in [-0.1, -0.05) is 0 Å². The summed E-state index contributed by atoms with van der Waals surface area (Å²) in [5.41, 5.74) is 6.11. The van der Waals surface area contributed by atoms with Gasteiger partial charge in [0, 0.05) is 25.7 Å². The van der Waals surface area contributed by atoms with Gasteiger partial charge in [0.15, 0.2) is 0 Å². The molecule has 1 aliphatic carbocycles. The fraction of sp³-hybridized carbons (Fsp3) is 0.818. The highest BCUT2D eigenvalue weighted by molar-refractivity contribution is 4.91. The molecule has 0 bridgehead atoms. The van der Waals surface area contributed by atoms with Gasteiger partial charge < -0.3 is 10.3 Å². The molecule has 2 aliphatic rings. The molecule has 3 rings (SSSR count). The van der Waals surface area contributed by atoms with Crippen LogP contribution in [0, 0.1) is 5.92 Å². The molecule has 1 aromatic heterocycles. The van der Waals surface area contributed by atoms with E-state index in [1.807, 2.05) is 6.33 Å². The number of nitrogens with two attached hydrogens (primary N) is 1. The highest BCUT2D eigenvalue weighted by Crippen LogP contribution is 2.32. The fourth-order valence-corrected chi connectivity index (χ4v) is 2.40. The van der Waals surface area contributed by atoms with Crippen molar-refractivity contribution in [3.05, 3.63) is 12.2 Å². The second-order valence-corrected chi connectivity index (χ2v) is 5.01. The Labute approximate surface area is 95.6 Å². The van der Waals surface area contributed by atoms with Crippen LogP contribution in [-0.4, -0.2) is 38.8 Å². The van der Waals surface area contributed by atoms with Crippen molar-refractivity contribution in [1.29, 1.82) is 0 Å². The lowest BCUT2D eigenvalue weighted by atomic mass is 10.1. The van der Waals surface area contributed by atoms with Gasteiger partial charge in [0.1, 0.15) is 12.2 Å². The maximum Gasteiger partial charge on any atom is 0.147 e.